The van der Waals surface area contributed by atoms with Crippen LogP contribution in [0.4, 0.5) is 0 Å². The molecule has 4 heteroatoms. The molecule has 0 amide bonds. The molecule has 0 fully saturated rings. The van der Waals surface area contributed by atoms with Crippen LogP contribution in [0.1, 0.15) is 76.0 Å². The standard InChI is InChI=1S/C21H28NS2.Li/c1-14(2)17-11-18(15(3)4)21(19(12-17)16(5)6)24-13-23-20-9-7-8-10-22-20;/h7-16H,1-6H3;/q-1;+1. The number of thioether (sulfide) groups is 2. The van der Waals surface area contributed by atoms with E-state index in [1.807, 2.05) is 30.1 Å². The summed E-state index contributed by atoms with van der Waals surface area (Å²) < 4.78 is 0. The van der Waals surface area contributed by atoms with Crippen LogP contribution in [0.2, 0.25) is 0 Å². The molecule has 1 heterocycles. The number of aromatic nitrogens is 1. The SMILES string of the molecule is CC(C)c1cc(C(C)C)c(S[CH-]Sc2ccccn2)c(C(C)C)c1.[Li+]. The number of benzene rings is 1. The molecular weight excluding hydrogens is 337 g/mol. The number of pyridine rings is 1. The third-order valence-corrected chi connectivity index (χ3v) is 6.01. The summed E-state index contributed by atoms with van der Waals surface area (Å²) in [6.07, 6.45) is 1.84. The monoisotopic (exact) mass is 365 g/mol. The second-order valence-corrected chi connectivity index (χ2v) is 9.06. The summed E-state index contributed by atoms with van der Waals surface area (Å²) >= 11 is 3.54. The summed E-state index contributed by atoms with van der Waals surface area (Å²) in [5.74, 6) is 1.61. The van der Waals surface area contributed by atoms with Crippen molar-refractivity contribution in [2.24, 2.45) is 0 Å². The van der Waals surface area contributed by atoms with E-state index in [1.165, 1.54) is 21.6 Å². The molecule has 1 aromatic heterocycles. The van der Waals surface area contributed by atoms with Gasteiger partial charge in [0.15, 0.2) is 0 Å². The van der Waals surface area contributed by atoms with Crippen LogP contribution in [0.25, 0.3) is 0 Å². The van der Waals surface area contributed by atoms with Crippen LogP contribution in [-0.4, -0.2) is 4.98 Å². The van der Waals surface area contributed by atoms with Crippen molar-refractivity contribution >= 4 is 23.5 Å². The Bertz CT molecular complexity index is 625. The van der Waals surface area contributed by atoms with Crippen molar-refractivity contribution in [3.05, 3.63) is 58.3 Å². The van der Waals surface area contributed by atoms with Gasteiger partial charge in [-0.2, -0.15) is 0 Å². The quantitative estimate of drug-likeness (QED) is 0.408. The van der Waals surface area contributed by atoms with Crippen molar-refractivity contribution in [3.8, 4) is 0 Å². The second kappa shape index (κ2) is 10.7. The van der Waals surface area contributed by atoms with E-state index in [1.54, 1.807) is 11.8 Å². The molecule has 0 atom stereocenters. The van der Waals surface area contributed by atoms with E-state index < -0.39 is 0 Å². The van der Waals surface area contributed by atoms with E-state index in [9.17, 15) is 0 Å². The molecule has 130 valence electrons. The first kappa shape index (κ1) is 22.7. The van der Waals surface area contributed by atoms with Gasteiger partial charge in [0.1, 0.15) is 0 Å². The van der Waals surface area contributed by atoms with Gasteiger partial charge in [0.05, 0.1) is 5.03 Å². The first-order valence-corrected chi connectivity index (χ1v) is 10.4. The molecule has 0 N–H and O–H groups in total. The van der Waals surface area contributed by atoms with Crippen molar-refractivity contribution < 1.29 is 18.9 Å². The van der Waals surface area contributed by atoms with Gasteiger partial charge < -0.3 is 11.8 Å². The second-order valence-electron chi connectivity index (χ2n) is 6.99. The summed E-state index contributed by atoms with van der Waals surface area (Å²) in [6, 6.07) is 10.8. The zero-order valence-electron chi connectivity index (χ0n) is 16.5. The largest absolute Gasteiger partial charge is 1.00 e. The predicted molar refractivity (Wildman–Crippen MR) is 109 cm³/mol. The van der Waals surface area contributed by atoms with Crippen molar-refractivity contribution in [2.45, 2.75) is 69.2 Å². The Hall–Kier alpha value is -0.333. The van der Waals surface area contributed by atoms with E-state index in [4.69, 9.17) is 0 Å². The molecule has 25 heavy (non-hydrogen) atoms. The first-order valence-electron chi connectivity index (χ1n) is 8.63. The maximum absolute atomic E-state index is 4.38. The molecule has 0 bridgehead atoms. The van der Waals surface area contributed by atoms with Crippen molar-refractivity contribution in [2.75, 3.05) is 0 Å². The zero-order valence-corrected chi connectivity index (χ0v) is 18.2. The maximum atomic E-state index is 4.38. The molecule has 1 nitrogen and oxygen atoms in total. The van der Waals surface area contributed by atoms with E-state index >= 15 is 0 Å². The Kier molecular flexibility index (Phi) is 9.74. The summed E-state index contributed by atoms with van der Waals surface area (Å²) in [5.41, 5.74) is 4.38. The number of hydrogen-bond donors (Lipinski definition) is 0. The molecule has 0 spiro atoms. The Labute approximate surface area is 174 Å². The molecule has 2 rings (SSSR count). The van der Waals surface area contributed by atoms with E-state index in [2.05, 4.69) is 69.8 Å². The smallest absolute Gasteiger partial charge is 0.305 e. The zero-order chi connectivity index (χ0) is 17.7. The molecule has 1 aromatic carbocycles. The maximum Gasteiger partial charge on any atom is 1.00 e. The van der Waals surface area contributed by atoms with Crippen LogP contribution in [0.5, 0.6) is 0 Å². The number of rotatable bonds is 7. The fraction of sp³-hybridized carbons (Fsp3) is 0.429. The fourth-order valence-electron chi connectivity index (χ4n) is 2.56. The Morgan fingerprint density at radius 2 is 1.44 bits per heavy atom. The van der Waals surface area contributed by atoms with Gasteiger partial charge in [-0.15, -0.1) is 0 Å². The van der Waals surface area contributed by atoms with Crippen LogP contribution in [0, 0.1) is 5.08 Å². The Morgan fingerprint density at radius 3 is 1.88 bits per heavy atom. The average molecular weight is 366 g/mol. The first-order chi connectivity index (χ1) is 11.4. The molecule has 0 aliphatic heterocycles. The fourth-order valence-corrected chi connectivity index (χ4v) is 4.68. The van der Waals surface area contributed by atoms with Gasteiger partial charge in [-0.25, -0.2) is 5.08 Å². The van der Waals surface area contributed by atoms with Crippen LogP contribution in [-0.2, 0) is 0 Å². The van der Waals surface area contributed by atoms with Crippen LogP contribution in [0.3, 0.4) is 0 Å². The van der Waals surface area contributed by atoms with Gasteiger partial charge in [-0.3, -0.25) is 16.7 Å². The predicted octanol–water partition coefficient (Wildman–Crippen LogP) is 4.46. The van der Waals surface area contributed by atoms with Crippen molar-refractivity contribution in [3.63, 3.8) is 0 Å². The van der Waals surface area contributed by atoms with Crippen LogP contribution < -0.4 is 18.9 Å². The minimum Gasteiger partial charge on any atom is -0.305 e. The van der Waals surface area contributed by atoms with E-state index in [0.29, 0.717) is 17.8 Å². The van der Waals surface area contributed by atoms with E-state index in [0.717, 1.165) is 5.03 Å². The van der Waals surface area contributed by atoms with Crippen LogP contribution >= 0.6 is 23.5 Å². The minimum atomic E-state index is 0. The topological polar surface area (TPSA) is 12.9 Å². The summed E-state index contributed by atoms with van der Waals surface area (Å²) in [5, 5.41) is 3.26. The van der Waals surface area contributed by atoms with Gasteiger partial charge in [-0.1, -0.05) is 59.7 Å². The number of nitrogens with zero attached hydrogens (tertiary/aromatic N) is 1. The molecule has 0 saturated heterocycles. The van der Waals surface area contributed by atoms with E-state index in [-0.39, 0.29) is 18.9 Å². The van der Waals surface area contributed by atoms with Crippen molar-refractivity contribution in [1.29, 1.82) is 0 Å². The molecule has 0 aliphatic rings. The average Bonchev–Trinajstić information content (AvgIpc) is 2.55. The third-order valence-electron chi connectivity index (χ3n) is 4.05. The molecule has 0 saturated carbocycles. The summed E-state index contributed by atoms with van der Waals surface area (Å²) in [6.45, 7) is 13.7. The summed E-state index contributed by atoms with van der Waals surface area (Å²) in [4.78, 5) is 5.80. The normalized spacial score (nSPS) is 11.2. The van der Waals surface area contributed by atoms with Gasteiger partial charge in [0.25, 0.3) is 0 Å². The number of hydrogen-bond acceptors (Lipinski definition) is 3. The molecule has 0 unspecified atom stereocenters. The van der Waals surface area contributed by atoms with Crippen LogP contribution in [0.15, 0.2) is 46.5 Å². The van der Waals surface area contributed by atoms with Gasteiger partial charge in [0.2, 0.25) is 0 Å². The Balaban J connectivity index is 0.00000312. The third kappa shape index (κ3) is 6.40. The molecule has 0 radical (unpaired) electrons. The minimum absolute atomic E-state index is 0. The van der Waals surface area contributed by atoms with Crippen molar-refractivity contribution in [1.82, 2.24) is 4.98 Å². The summed E-state index contributed by atoms with van der Waals surface area (Å²) in [7, 11) is 0. The van der Waals surface area contributed by atoms with Gasteiger partial charge >= 0.3 is 18.9 Å². The van der Waals surface area contributed by atoms with Gasteiger partial charge in [0, 0.05) is 6.20 Å². The molecule has 2 aromatic rings. The molecule has 0 aliphatic carbocycles. The molecular formula is C21H28LiNS2. The Morgan fingerprint density at radius 1 is 0.840 bits per heavy atom. The van der Waals surface area contributed by atoms with Gasteiger partial charge in [-0.05, 0) is 51.5 Å².